The number of H-pyrrole nitrogens is 1. The van der Waals surface area contributed by atoms with Gasteiger partial charge in [0.1, 0.15) is 5.69 Å². The van der Waals surface area contributed by atoms with Crippen LogP contribution in [0.15, 0.2) is 73.1 Å². The summed E-state index contributed by atoms with van der Waals surface area (Å²) in [5.74, 6) is 0.577. The summed E-state index contributed by atoms with van der Waals surface area (Å²) in [6.45, 7) is 4.16. The van der Waals surface area contributed by atoms with E-state index in [4.69, 9.17) is 0 Å². The van der Waals surface area contributed by atoms with E-state index in [1.165, 1.54) is 11.1 Å². The van der Waals surface area contributed by atoms with Gasteiger partial charge < -0.3 is 5.32 Å². The zero-order chi connectivity index (χ0) is 17.9. The fourth-order valence-corrected chi connectivity index (χ4v) is 2.98. The Morgan fingerprint density at radius 3 is 2.46 bits per heavy atom. The van der Waals surface area contributed by atoms with Crippen molar-refractivity contribution in [2.75, 3.05) is 5.32 Å². The lowest BCUT2D eigenvalue weighted by molar-refractivity contribution is -0.654. The molecule has 2 aromatic heterocycles. The number of aromatic nitrogens is 4. The van der Waals surface area contributed by atoms with Crippen LogP contribution in [0, 0.1) is 13.8 Å². The predicted octanol–water partition coefficient (Wildman–Crippen LogP) is 4.11. The first-order valence-electron chi connectivity index (χ1n) is 8.52. The highest BCUT2D eigenvalue weighted by molar-refractivity contribution is 5.59. The molecule has 0 amide bonds. The molecule has 2 N–H and O–H groups in total. The van der Waals surface area contributed by atoms with Gasteiger partial charge in [-0.25, -0.2) is 9.97 Å². The van der Waals surface area contributed by atoms with Crippen molar-refractivity contribution in [2.24, 2.45) is 0 Å². The van der Waals surface area contributed by atoms with Gasteiger partial charge in [-0.15, -0.1) is 0 Å². The Morgan fingerprint density at radius 1 is 0.923 bits per heavy atom. The minimum atomic E-state index is 0.577. The third-order valence-electron chi connectivity index (χ3n) is 4.07. The monoisotopic (exact) mass is 342 g/mol. The van der Waals surface area contributed by atoms with Crippen LogP contribution < -0.4 is 10.00 Å². The topological polar surface area (TPSA) is 57.5 Å². The Bertz CT molecular complexity index is 1020. The van der Waals surface area contributed by atoms with Gasteiger partial charge in [0.05, 0.1) is 5.69 Å². The molecular weight excluding hydrogens is 322 g/mol. The van der Waals surface area contributed by atoms with E-state index in [9.17, 15) is 0 Å². The fraction of sp³-hybridized carbons (Fsp3) is 0.0952. The maximum Gasteiger partial charge on any atom is 0.235 e. The Labute approximate surface area is 152 Å². The molecule has 0 aliphatic carbocycles. The van der Waals surface area contributed by atoms with Gasteiger partial charge in [-0.2, -0.15) is 5.10 Å². The van der Waals surface area contributed by atoms with E-state index in [0.717, 1.165) is 22.8 Å². The number of rotatable bonds is 4. The first kappa shape index (κ1) is 16.0. The van der Waals surface area contributed by atoms with Crippen LogP contribution in [0.2, 0.25) is 0 Å². The number of nitrogens with one attached hydrogen (secondary N) is 2. The number of benzene rings is 2. The van der Waals surface area contributed by atoms with Crippen molar-refractivity contribution in [3.05, 3.63) is 84.2 Å². The molecule has 0 saturated carbocycles. The Hall–Kier alpha value is -3.47. The molecule has 0 spiro atoms. The summed E-state index contributed by atoms with van der Waals surface area (Å²) in [7, 11) is 0. The average molecular weight is 342 g/mol. The van der Waals surface area contributed by atoms with Gasteiger partial charge in [-0.1, -0.05) is 28.9 Å². The number of aryl methyl sites for hydroxylation is 2. The zero-order valence-corrected chi connectivity index (χ0v) is 14.8. The Morgan fingerprint density at radius 2 is 1.69 bits per heavy atom. The van der Waals surface area contributed by atoms with Gasteiger partial charge in [0.25, 0.3) is 0 Å². The second kappa shape index (κ2) is 6.80. The lowest BCUT2D eigenvalue weighted by Gasteiger charge is -2.07. The molecule has 128 valence electrons. The molecule has 0 fully saturated rings. The summed E-state index contributed by atoms with van der Waals surface area (Å²) in [6, 6.07) is 20.3. The summed E-state index contributed by atoms with van der Waals surface area (Å²) < 4.78 is 1.97. The molecule has 5 heteroatoms. The Kier molecular flexibility index (Phi) is 4.19. The SMILES string of the molecule is Cc1cc(C)cc(Nc2nccc(-c3cc[n+](-c4ccccc4)[nH]3)n2)c1. The standard InChI is InChI=1S/C21H19N5/c1-15-12-16(2)14-17(13-15)23-21-22-10-8-19(24-21)20-9-11-26(25-20)18-6-4-3-5-7-18/h3-14H,1-2H3,(H,22,23,24)/p+1. The van der Waals surface area contributed by atoms with Gasteiger partial charge in [0.15, 0.2) is 0 Å². The molecule has 0 aliphatic rings. The molecule has 0 bridgehead atoms. The van der Waals surface area contributed by atoms with E-state index >= 15 is 0 Å². The summed E-state index contributed by atoms with van der Waals surface area (Å²) in [5, 5.41) is 6.64. The van der Waals surface area contributed by atoms with Crippen molar-refractivity contribution < 1.29 is 4.68 Å². The molecule has 0 saturated heterocycles. The van der Waals surface area contributed by atoms with Crippen molar-refractivity contribution in [3.63, 3.8) is 0 Å². The van der Waals surface area contributed by atoms with Crippen LogP contribution in [-0.2, 0) is 0 Å². The van der Waals surface area contributed by atoms with Crippen molar-refractivity contribution >= 4 is 11.6 Å². The lowest BCUT2D eigenvalue weighted by Crippen LogP contribution is -2.31. The molecule has 2 aromatic carbocycles. The average Bonchev–Trinajstić information content (AvgIpc) is 3.12. The highest BCUT2D eigenvalue weighted by Crippen LogP contribution is 2.19. The first-order valence-corrected chi connectivity index (χ1v) is 8.52. The summed E-state index contributed by atoms with van der Waals surface area (Å²) in [6.07, 6.45) is 3.75. The van der Waals surface area contributed by atoms with Gasteiger partial charge in [0, 0.05) is 30.1 Å². The van der Waals surface area contributed by atoms with Crippen LogP contribution in [0.5, 0.6) is 0 Å². The molecule has 4 aromatic rings. The molecule has 26 heavy (non-hydrogen) atoms. The van der Waals surface area contributed by atoms with Crippen LogP contribution in [0.1, 0.15) is 11.1 Å². The molecule has 2 heterocycles. The van der Waals surface area contributed by atoms with E-state index in [0.29, 0.717) is 5.95 Å². The summed E-state index contributed by atoms with van der Waals surface area (Å²) >= 11 is 0. The molecular formula is C21H20N5+. The highest BCUT2D eigenvalue weighted by Gasteiger charge is 2.12. The van der Waals surface area contributed by atoms with Crippen molar-refractivity contribution in [1.29, 1.82) is 0 Å². The largest absolute Gasteiger partial charge is 0.324 e. The van der Waals surface area contributed by atoms with Crippen molar-refractivity contribution in [1.82, 2.24) is 15.1 Å². The van der Waals surface area contributed by atoms with Crippen LogP contribution in [-0.4, -0.2) is 15.1 Å². The van der Waals surface area contributed by atoms with Crippen LogP contribution in [0.3, 0.4) is 0 Å². The first-order chi connectivity index (χ1) is 12.7. The summed E-state index contributed by atoms with van der Waals surface area (Å²) in [5.41, 5.74) is 6.24. The van der Waals surface area contributed by atoms with E-state index in [1.807, 2.05) is 53.3 Å². The third-order valence-corrected chi connectivity index (χ3v) is 4.07. The molecule has 0 radical (unpaired) electrons. The van der Waals surface area contributed by atoms with E-state index in [-0.39, 0.29) is 0 Å². The minimum Gasteiger partial charge on any atom is -0.324 e. The zero-order valence-electron chi connectivity index (χ0n) is 14.8. The number of anilines is 2. The van der Waals surface area contributed by atoms with Crippen molar-refractivity contribution in [3.8, 4) is 17.1 Å². The highest BCUT2D eigenvalue weighted by atomic mass is 15.3. The fourth-order valence-electron chi connectivity index (χ4n) is 2.98. The van der Waals surface area contributed by atoms with E-state index in [2.05, 4.69) is 52.4 Å². The minimum absolute atomic E-state index is 0.577. The second-order valence-electron chi connectivity index (χ2n) is 6.31. The van der Waals surface area contributed by atoms with Gasteiger partial charge in [0.2, 0.25) is 17.8 Å². The normalized spacial score (nSPS) is 10.7. The smallest absolute Gasteiger partial charge is 0.235 e. The summed E-state index contributed by atoms with van der Waals surface area (Å²) in [4.78, 5) is 8.98. The number of hydrogen-bond donors (Lipinski definition) is 2. The number of hydrogen-bond acceptors (Lipinski definition) is 3. The lowest BCUT2D eigenvalue weighted by atomic mass is 10.1. The number of aromatic amines is 1. The number of nitrogens with zero attached hydrogens (tertiary/aromatic N) is 3. The maximum atomic E-state index is 4.64. The quantitative estimate of drug-likeness (QED) is 0.549. The van der Waals surface area contributed by atoms with Crippen LogP contribution in [0.25, 0.3) is 17.1 Å². The van der Waals surface area contributed by atoms with Crippen LogP contribution in [0.4, 0.5) is 11.6 Å². The molecule has 4 rings (SSSR count). The number of para-hydroxylation sites is 1. The van der Waals surface area contributed by atoms with Gasteiger partial charge in [-0.05, 0) is 43.2 Å². The van der Waals surface area contributed by atoms with Crippen LogP contribution >= 0.6 is 0 Å². The van der Waals surface area contributed by atoms with Gasteiger partial charge >= 0.3 is 0 Å². The third kappa shape index (κ3) is 3.47. The van der Waals surface area contributed by atoms with E-state index < -0.39 is 0 Å². The molecule has 0 atom stereocenters. The van der Waals surface area contributed by atoms with Gasteiger partial charge in [-0.3, -0.25) is 0 Å². The molecule has 0 unspecified atom stereocenters. The second-order valence-corrected chi connectivity index (χ2v) is 6.31. The van der Waals surface area contributed by atoms with E-state index in [1.54, 1.807) is 6.20 Å². The predicted molar refractivity (Wildman–Crippen MR) is 103 cm³/mol. The molecule has 5 nitrogen and oxygen atoms in total. The Balaban J connectivity index is 1.61. The van der Waals surface area contributed by atoms with Crippen molar-refractivity contribution in [2.45, 2.75) is 13.8 Å². The molecule has 0 aliphatic heterocycles. The maximum absolute atomic E-state index is 4.64.